The van der Waals surface area contributed by atoms with Crippen LogP contribution in [-0.4, -0.2) is 11.6 Å². The molecule has 3 heteroatoms. The molecule has 0 aliphatic carbocycles. The van der Waals surface area contributed by atoms with Gasteiger partial charge in [-0.2, -0.15) is 0 Å². The maximum atomic E-state index is 5.58. The molecule has 0 bridgehead atoms. The molecule has 19 heavy (non-hydrogen) atoms. The fraction of sp³-hybridized carbons (Fsp3) is 0.312. The predicted molar refractivity (Wildman–Crippen MR) is 78.5 cm³/mol. The Morgan fingerprint density at radius 1 is 1.21 bits per heavy atom. The third kappa shape index (κ3) is 3.98. The van der Waals surface area contributed by atoms with Crippen LogP contribution in [0.25, 0.3) is 0 Å². The number of aromatic nitrogens is 1. The van der Waals surface area contributed by atoms with E-state index in [1.807, 2.05) is 30.5 Å². The molecule has 1 aromatic heterocycles. The average Bonchev–Trinajstić information content (AvgIpc) is 2.46. The van der Waals surface area contributed by atoms with E-state index in [2.05, 4.69) is 36.3 Å². The first-order valence-corrected chi connectivity index (χ1v) is 6.69. The SMILES string of the molecule is CCCOc1ccc(C(C)Nc2cccnc2)cc1. The summed E-state index contributed by atoms with van der Waals surface area (Å²) in [5, 5.41) is 3.42. The third-order valence-corrected chi connectivity index (χ3v) is 2.90. The summed E-state index contributed by atoms with van der Waals surface area (Å²) >= 11 is 0. The highest BCUT2D eigenvalue weighted by Crippen LogP contribution is 2.21. The predicted octanol–water partition coefficient (Wildman–Crippen LogP) is 4.04. The molecular weight excluding hydrogens is 236 g/mol. The first-order valence-electron chi connectivity index (χ1n) is 6.69. The van der Waals surface area contributed by atoms with E-state index in [1.54, 1.807) is 6.20 Å². The molecule has 1 N–H and O–H groups in total. The number of rotatable bonds is 6. The zero-order valence-electron chi connectivity index (χ0n) is 11.5. The van der Waals surface area contributed by atoms with E-state index in [1.165, 1.54) is 5.56 Å². The Morgan fingerprint density at radius 2 is 2.00 bits per heavy atom. The van der Waals surface area contributed by atoms with Crippen LogP contribution in [0.3, 0.4) is 0 Å². The fourth-order valence-corrected chi connectivity index (χ4v) is 1.85. The van der Waals surface area contributed by atoms with E-state index in [0.717, 1.165) is 24.5 Å². The summed E-state index contributed by atoms with van der Waals surface area (Å²) in [5.41, 5.74) is 2.26. The molecule has 0 radical (unpaired) electrons. The quantitative estimate of drug-likeness (QED) is 0.846. The summed E-state index contributed by atoms with van der Waals surface area (Å²) in [6.45, 7) is 5.01. The van der Waals surface area contributed by atoms with Gasteiger partial charge in [-0.15, -0.1) is 0 Å². The largest absolute Gasteiger partial charge is 0.494 e. The van der Waals surface area contributed by atoms with E-state index >= 15 is 0 Å². The van der Waals surface area contributed by atoms with Gasteiger partial charge in [-0.3, -0.25) is 4.98 Å². The summed E-state index contributed by atoms with van der Waals surface area (Å²) < 4.78 is 5.58. The third-order valence-electron chi connectivity index (χ3n) is 2.90. The Hall–Kier alpha value is -2.03. The summed E-state index contributed by atoms with van der Waals surface area (Å²) in [6.07, 6.45) is 4.63. The van der Waals surface area contributed by atoms with Crippen molar-refractivity contribution in [2.45, 2.75) is 26.3 Å². The van der Waals surface area contributed by atoms with Gasteiger partial charge in [0, 0.05) is 18.4 Å². The molecule has 1 unspecified atom stereocenters. The average molecular weight is 256 g/mol. The second-order valence-corrected chi connectivity index (χ2v) is 4.53. The number of ether oxygens (including phenoxy) is 1. The highest BCUT2D eigenvalue weighted by Gasteiger charge is 2.05. The van der Waals surface area contributed by atoms with Crippen LogP contribution in [0, 0.1) is 0 Å². The Kier molecular flexibility index (Phi) is 4.78. The Balaban J connectivity index is 1.97. The van der Waals surface area contributed by atoms with Crippen LogP contribution in [-0.2, 0) is 0 Å². The maximum Gasteiger partial charge on any atom is 0.119 e. The van der Waals surface area contributed by atoms with E-state index in [0.29, 0.717) is 0 Å². The monoisotopic (exact) mass is 256 g/mol. The number of hydrogen-bond donors (Lipinski definition) is 1. The van der Waals surface area contributed by atoms with Gasteiger partial charge in [-0.25, -0.2) is 0 Å². The molecule has 0 aliphatic heterocycles. The summed E-state index contributed by atoms with van der Waals surface area (Å²) in [4.78, 5) is 4.10. The number of nitrogens with zero attached hydrogens (tertiary/aromatic N) is 1. The Bertz CT molecular complexity index is 482. The van der Waals surface area contributed by atoms with Crippen molar-refractivity contribution < 1.29 is 4.74 Å². The molecule has 3 nitrogen and oxygen atoms in total. The molecule has 2 rings (SSSR count). The molecule has 100 valence electrons. The molecule has 1 aromatic carbocycles. The topological polar surface area (TPSA) is 34.1 Å². The first-order chi connectivity index (χ1) is 9.29. The van der Waals surface area contributed by atoms with E-state index in [-0.39, 0.29) is 6.04 Å². The van der Waals surface area contributed by atoms with E-state index in [9.17, 15) is 0 Å². The number of hydrogen-bond acceptors (Lipinski definition) is 3. The fourth-order valence-electron chi connectivity index (χ4n) is 1.85. The lowest BCUT2D eigenvalue weighted by molar-refractivity contribution is 0.317. The van der Waals surface area contributed by atoms with Crippen LogP contribution < -0.4 is 10.1 Å². The van der Waals surface area contributed by atoms with E-state index < -0.39 is 0 Å². The normalized spacial score (nSPS) is 11.9. The van der Waals surface area contributed by atoms with Gasteiger partial charge in [0.15, 0.2) is 0 Å². The second-order valence-electron chi connectivity index (χ2n) is 4.53. The number of pyridine rings is 1. The van der Waals surface area contributed by atoms with Crippen molar-refractivity contribution in [1.82, 2.24) is 4.98 Å². The molecule has 0 amide bonds. The van der Waals surface area contributed by atoms with Crippen molar-refractivity contribution in [2.24, 2.45) is 0 Å². The first kappa shape index (κ1) is 13.4. The maximum absolute atomic E-state index is 5.58. The van der Waals surface area contributed by atoms with Gasteiger partial charge < -0.3 is 10.1 Å². The van der Waals surface area contributed by atoms with E-state index in [4.69, 9.17) is 4.74 Å². The van der Waals surface area contributed by atoms with Gasteiger partial charge in [0.05, 0.1) is 12.3 Å². The number of benzene rings is 1. The van der Waals surface area contributed by atoms with Crippen LogP contribution >= 0.6 is 0 Å². The van der Waals surface area contributed by atoms with Crippen molar-refractivity contribution in [3.05, 3.63) is 54.4 Å². The Morgan fingerprint density at radius 3 is 2.63 bits per heavy atom. The zero-order chi connectivity index (χ0) is 13.5. The highest BCUT2D eigenvalue weighted by molar-refractivity contribution is 5.43. The zero-order valence-corrected chi connectivity index (χ0v) is 11.5. The summed E-state index contributed by atoms with van der Waals surface area (Å²) in [7, 11) is 0. The van der Waals surface area contributed by atoms with Gasteiger partial charge in [-0.05, 0) is 43.2 Å². The molecule has 0 aliphatic rings. The lowest BCUT2D eigenvalue weighted by Gasteiger charge is -2.15. The van der Waals surface area contributed by atoms with Crippen LogP contribution in [0.15, 0.2) is 48.8 Å². The molecule has 1 heterocycles. The van der Waals surface area contributed by atoms with Crippen LogP contribution in [0.4, 0.5) is 5.69 Å². The molecule has 0 fully saturated rings. The Labute approximate surface area is 114 Å². The summed E-state index contributed by atoms with van der Waals surface area (Å²) in [5.74, 6) is 0.930. The highest BCUT2D eigenvalue weighted by atomic mass is 16.5. The smallest absolute Gasteiger partial charge is 0.119 e. The molecular formula is C16H20N2O. The molecule has 0 saturated carbocycles. The number of nitrogens with one attached hydrogen (secondary N) is 1. The van der Waals surface area contributed by atoms with Crippen molar-refractivity contribution in [1.29, 1.82) is 0 Å². The van der Waals surface area contributed by atoms with Gasteiger partial charge in [0.25, 0.3) is 0 Å². The van der Waals surface area contributed by atoms with Crippen molar-refractivity contribution in [3.8, 4) is 5.75 Å². The minimum absolute atomic E-state index is 0.240. The minimum Gasteiger partial charge on any atom is -0.494 e. The standard InChI is InChI=1S/C16H20N2O/c1-3-11-19-16-8-6-14(7-9-16)13(2)18-15-5-4-10-17-12-15/h4-10,12-13,18H,3,11H2,1-2H3. The van der Waals surface area contributed by atoms with Crippen molar-refractivity contribution >= 4 is 5.69 Å². The van der Waals surface area contributed by atoms with Crippen LogP contribution in [0.2, 0.25) is 0 Å². The summed E-state index contributed by atoms with van der Waals surface area (Å²) in [6, 6.07) is 12.4. The lowest BCUT2D eigenvalue weighted by Crippen LogP contribution is -2.06. The minimum atomic E-state index is 0.240. The van der Waals surface area contributed by atoms with Gasteiger partial charge in [0.2, 0.25) is 0 Å². The van der Waals surface area contributed by atoms with Crippen LogP contribution in [0.5, 0.6) is 5.75 Å². The molecule has 1 atom stereocenters. The van der Waals surface area contributed by atoms with Gasteiger partial charge in [0.1, 0.15) is 5.75 Å². The lowest BCUT2D eigenvalue weighted by atomic mass is 10.1. The molecule has 0 spiro atoms. The molecule has 2 aromatic rings. The molecule has 0 saturated heterocycles. The van der Waals surface area contributed by atoms with Crippen molar-refractivity contribution in [3.63, 3.8) is 0 Å². The van der Waals surface area contributed by atoms with Crippen molar-refractivity contribution in [2.75, 3.05) is 11.9 Å². The second kappa shape index (κ2) is 6.78. The number of anilines is 1. The van der Waals surface area contributed by atoms with Gasteiger partial charge in [-0.1, -0.05) is 19.1 Å². The van der Waals surface area contributed by atoms with Crippen LogP contribution in [0.1, 0.15) is 31.9 Å². The van der Waals surface area contributed by atoms with Gasteiger partial charge >= 0.3 is 0 Å².